The summed E-state index contributed by atoms with van der Waals surface area (Å²) in [6, 6.07) is 11.1. The Bertz CT molecular complexity index is 1620. The lowest BCUT2D eigenvalue weighted by Gasteiger charge is -2.37. The molecule has 2 fully saturated rings. The fraction of sp³-hybridized carbons (Fsp3) is 0.452. The molecule has 0 saturated carbocycles. The van der Waals surface area contributed by atoms with Crippen LogP contribution in [0.1, 0.15) is 60.5 Å². The molecule has 3 heterocycles. The highest BCUT2D eigenvalue weighted by atomic mass is 32.2. The molecule has 0 radical (unpaired) electrons. The van der Waals surface area contributed by atoms with E-state index < -0.39 is 27.5 Å². The number of sulfone groups is 1. The number of aromatic carboxylic acids is 1. The molecule has 0 amide bonds. The maximum Gasteiger partial charge on any atom is 0.416 e. The average molecular weight is 617 g/mol. The average Bonchev–Trinajstić information content (AvgIpc) is 3.51. The minimum Gasteiger partial charge on any atom is -0.478 e. The van der Waals surface area contributed by atoms with Crippen LogP contribution in [-0.2, 0) is 22.6 Å². The first-order valence-corrected chi connectivity index (χ1v) is 16.1. The molecule has 8 nitrogen and oxygen atoms in total. The Hall–Kier alpha value is -3.53. The number of benzene rings is 2. The number of carboxylic acids is 1. The number of halogens is 3. The molecule has 2 aromatic carbocycles. The molecule has 2 aliphatic rings. The Labute approximate surface area is 249 Å². The monoisotopic (exact) mass is 616 g/mol. The largest absolute Gasteiger partial charge is 0.478 e. The van der Waals surface area contributed by atoms with Crippen molar-refractivity contribution < 1.29 is 31.5 Å². The van der Waals surface area contributed by atoms with Crippen molar-refractivity contribution in [1.29, 1.82) is 5.26 Å². The summed E-state index contributed by atoms with van der Waals surface area (Å²) < 4.78 is 65.1. The summed E-state index contributed by atoms with van der Waals surface area (Å²) in [6.07, 6.45) is 1.30. The van der Waals surface area contributed by atoms with Crippen LogP contribution in [-0.4, -0.2) is 72.8 Å². The van der Waals surface area contributed by atoms with Gasteiger partial charge in [0.05, 0.1) is 33.3 Å². The van der Waals surface area contributed by atoms with Gasteiger partial charge in [-0.3, -0.25) is 4.90 Å². The lowest BCUT2D eigenvalue weighted by Crippen LogP contribution is -2.43. The van der Waals surface area contributed by atoms with Gasteiger partial charge in [0, 0.05) is 41.8 Å². The maximum atomic E-state index is 13.6. The van der Waals surface area contributed by atoms with Gasteiger partial charge in [0.2, 0.25) is 0 Å². The quantitative estimate of drug-likeness (QED) is 0.359. The molecule has 0 spiro atoms. The van der Waals surface area contributed by atoms with Crippen LogP contribution in [0.3, 0.4) is 0 Å². The maximum absolute atomic E-state index is 13.6. The second-order valence-corrected chi connectivity index (χ2v) is 12.9. The molecule has 0 unspecified atom stereocenters. The standard InChI is InChI=1S/C28H30F3N3O4S.C3H5N/c1-39(37,38)21-7-8-24-22(16-21)25(27(35)36)23(17-33-13-9-20(10-14-33)34-11-2-3-12-34)26(32-24)18-5-4-6-19(15-18)28(29,30)31;1-2-3-4/h4-8,15-16,20H,2-3,9-14,17H2,1H3,(H,35,36);2H2,1H3. The molecule has 0 aliphatic carbocycles. The lowest BCUT2D eigenvalue weighted by atomic mass is 9.94. The third-order valence-electron chi connectivity index (χ3n) is 7.92. The summed E-state index contributed by atoms with van der Waals surface area (Å²) in [7, 11) is -3.64. The first-order valence-electron chi connectivity index (χ1n) is 14.2. The van der Waals surface area contributed by atoms with Gasteiger partial charge >= 0.3 is 12.1 Å². The van der Waals surface area contributed by atoms with E-state index in [0.29, 0.717) is 25.6 Å². The second-order valence-electron chi connectivity index (χ2n) is 10.9. The predicted octanol–water partition coefficient (Wildman–Crippen LogP) is 6.00. The van der Waals surface area contributed by atoms with Crippen molar-refractivity contribution in [1.82, 2.24) is 14.8 Å². The van der Waals surface area contributed by atoms with E-state index in [1.165, 1.54) is 43.2 Å². The van der Waals surface area contributed by atoms with Crippen LogP contribution in [0.4, 0.5) is 13.2 Å². The molecule has 0 bridgehead atoms. The number of carboxylic acid groups (broad SMARTS) is 1. The van der Waals surface area contributed by atoms with Crippen molar-refractivity contribution in [2.75, 3.05) is 32.4 Å². The van der Waals surface area contributed by atoms with Crippen LogP contribution in [0, 0.1) is 11.3 Å². The summed E-state index contributed by atoms with van der Waals surface area (Å²) in [6.45, 7) is 5.59. The van der Waals surface area contributed by atoms with Crippen molar-refractivity contribution in [3.8, 4) is 17.3 Å². The Balaban J connectivity index is 0.000000996. The zero-order valence-electron chi connectivity index (χ0n) is 24.2. The molecule has 0 atom stereocenters. The molecule has 2 aliphatic heterocycles. The Morgan fingerprint density at radius 2 is 1.74 bits per heavy atom. The van der Waals surface area contributed by atoms with Crippen LogP contribution in [0.5, 0.6) is 0 Å². The fourth-order valence-electron chi connectivity index (χ4n) is 5.77. The van der Waals surface area contributed by atoms with Crippen molar-refractivity contribution in [3.05, 3.63) is 59.2 Å². The van der Waals surface area contributed by atoms with Gasteiger partial charge in [-0.15, -0.1) is 0 Å². The van der Waals surface area contributed by atoms with Gasteiger partial charge in [0.1, 0.15) is 0 Å². The van der Waals surface area contributed by atoms with Gasteiger partial charge in [-0.05, 0) is 82.2 Å². The zero-order valence-corrected chi connectivity index (χ0v) is 25.0. The van der Waals surface area contributed by atoms with Gasteiger partial charge in [0.25, 0.3) is 0 Å². The topological polar surface area (TPSA) is 115 Å². The summed E-state index contributed by atoms with van der Waals surface area (Å²) >= 11 is 0. The van der Waals surface area contributed by atoms with E-state index in [0.717, 1.165) is 44.3 Å². The van der Waals surface area contributed by atoms with Crippen molar-refractivity contribution in [2.24, 2.45) is 0 Å². The van der Waals surface area contributed by atoms with Crippen LogP contribution in [0.2, 0.25) is 0 Å². The van der Waals surface area contributed by atoms with Crippen LogP contribution in [0.25, 0.3) is 22.2 Å². The van der Waals surface area contributed by atoms with Crippen LogP contribution in [0.15, 0.2) is 47.4 Å². The molecule has 2 saturated heterocycles. The van der Waals surface area contributed by atoms with Gasteiger partial charge in [-0.1, -0.05) is 19.1 Å². The normalized spacial score (nSPS) is 16.9. The number of aromatic nitrogens is 1. The Morgan fingerprint density at radius 3 is 2.30 bits per heavy atom. The van der Waals surface area contributed by atoms with E-state index in [2.05, 4.69) is 14.8 Å². The number of alkyl halides is 3. The number of carbonyl (C=O) groups is 1. The summed E-state index contributed by atoms with van der Waals surface area (Å²) in [5.41, 5.74) is -0.213. The number of piperidine rings is 1. The zero-order chi connectivity index (χ0) is 31.4. The van der Waals surface area contributed by atoms with Gasteiger partial charge in [0.15, 0.2) is 9.84 Å². The fourth-order valence-corrected chi connectivity index (χ4v) is 6.41. The Morgan fingerprint density at radius 1 is 1.09 bits per heavy atom. The Kier molecular flexibility index (Phi) is 10.1. The smallest absolute Gasteiger partial charge is 0.416 e. The van der Waals surface area contributed by atoms with Crippen LogP contribution < -0.4 is 0 Å². The number of likely N-dealkylation sites (tertiary alicyclic amines) is 2. The number of fused-ring (bicyclic) bond motifs is 1. The van der Waals surface area contributed by atoms with E-state index in [4.69, 9.17) is 5.26 Å². The first-order chi connectivity index (χ1) is 20.3. The van der Waals surface area contributed by atoms with Crippen LogP contribution >= 0.6 is 0 Å². The van der Waals surface area contributed by atoms with Crippen molar-refractivity contribution in [3.63, 3.8) is 0 Å². The minimum absolute atomic E-state index is 0.0523. The van der Waals surface area contributed by atoms with E-state index in [1.54, 1.807) is 0 Å². The minimum atomic E-state index is -4.58. The number of nitriles is 1. The molecule has 12 heteroatoms. The molecule has 3 aromatic rings. The molecule has 5 rings (SSSR count). The molecule has 1 aromatic heterocycles. The molecule has 43 heavy (non-hydrogen) atoms. The number of nitrogens with zero attached hydrogens (tertiary/aromatic N) is 4. The lowest BCUT2D eigenvalue weighted by molar-refractivity contribution is -0.137. The number of hydrogen-bond donors (Lipinski definition) is 1. The summed E-state index contributed by atoms with van der Waals surface area (Å²) in [4.78, 5) is 21.9. The molecule has 230 valence electrons. The highest BCUT2D eigenvalue weighted by molar-refractivity contribution is 7.90. The van der Waals surface area contributed by atoms with E-state index in [9.17, 15) is 31.5 Å². The predicted molar refractivity (Wildman–Crippen MR) is 157 cm³/mol. The van der Waals surface area contributed by atoms with Gasteiger partial charge < -0.3 is 10.0 Å². The summed E-state index contributed by atoms with van der Waals surface area (Å²) in [5, 5.41) is 18.1. The number of rotatable bonds is 6. The van der Waals surface area contributed by atoms with Crippen molar-refractivity contribution in [2.45, 2.75) is 62.7 Å². The number of hydrogen-bond acceptors (Lipinski definition) is 7. The second kappa shape index (κ2) is 13.4. The molecular weight excluding hydrogens is 581 g/mol. The molecular formula is C31H35F3N4O4S. The number of pyridine rings is 1. The van der Waals surface area contributed by atoms with E-state index in [-0.39, 0.29) is 44.7 Å². The summed E-state index contributed by atoms with van der Waals surface area (Å²) in [5.74, 6) is -1.29. The van der Waals surface area contributed by atoms with Gasteiger partial charge in [-0.25, -0.2) is 18.2 Å². The van der Waals surface area contributed by atoms with Gasteiger partial charge in [-0.2, -0.15) is 18.4 Å². The SMILES string of the molecule is CCC#N.CS(=O)(=O)c1ccc2nc(-c3cccc(C(F)(F)F)c3)c(CN3CCC(N4CCCC4)CC3)c(C(=O)O)c2c1. The highest BCUT2D eigenvalue weighted by Crippen LogP contribution is 2.36. The third kappa shape index (κ3) is 7.71. The van der Waals surface area contributed by atoms with Crippen molar-refractivity contribution >= 4 is 26.7 Å². The third-order valence-corrected chi connectivity index (χ3v) is 9.03. The first kappa shape index (κ1) is 32.4. The molecule has 1 N–H and O–H groups in total. The van der Waals surface area contributed by atoms with E-state index in [1.807, 2.05) is 13.0 Å². The highest BCUT2D eigenvalue weighted by Gasteiger charge is 2.32. The van der Waals surface area contributed by atoms with E-state index >= 15 is 0 Å².